The molecule has 2 N–H and O–H groups in total. The van der Waals surface area contributed by atoms with Gasteiger partial charge in [0.25, 0.3) is 0 Å². The molecular weight excluding hydrogens is 348 g/mol. The van der Waals surface area contributed by atoms with Crippen molar-refractivity contribution in [1.82, 2.24) is 0 Å². The van der Waals surface area contributed by atoms with Crippen LogP contribution >= 0.6 is 22.6 Å². The summed E-state index contributed by atoms with van der Waals surface area (Å²) in [6.07, 6.45) is -1.36. The molecule has 0 aliphatic heterocycles. The standard InChI is InChI=1S/C13H17FINO2/c1-13(18-12(16)17,9-11(14)7-8-15)10-5-3-2-4-6-10/h2-6,11H,7-9H2,1H3,(H2,16,17). The summed E-state index contributed by atoms with van der Waals surface area (Å²) in [4.78, 5) is 11.0. The van der Waals surface area contributed by atoms with E-state index < -0.39 is 17.9 Å². The number of halogens is 2. The van der Waals surface area contributed by atoms with E-state index in [2.05, 4.69) is 22.6 Å². The molecule has 0 bridgehead atoms. The number of benzene rings is 1. The molecule has 5 heteroatoms. The van der Waals surface area contributed by atoms with E-state index in [1.54, 1.807) is 19.1 Å². The number of carbonyl (C=O) groups is 1. The van der Waals surface area contributed by atoms with Gasteiger partial charge in [-0.1, -0.05) is 52.9 Å². The van der Waals surface area contributed by atoms with Crippen molar-refractivity contribution in [2.45, 2.75) is 31.5 Å². The molecule has 0 aromatic heterocycles. The minimum Gasteiger partial charge on any atom is -0.438 e. The largest absolute Gasteiger partial charge is 0.438 e. The van der Waals surface area contributed by atoms with E-state index in [1.807, 2.05) is 18.2 Å². The molecule has 0 radical (unpaired) electrons. The third-order valence-electron chi connectivity index (χ3n) is 2.74. The first kappa shape index (κ1) is 15.2. The second-order valence-corrected chi connectivity index (χ2v) is 5.38. The highest BCUT2D eigenvalue weighted by atomic mass is 127. The van der Waals surface area contributed by atoms with Crippen LogP contribution in [0.2, 0.25) is 0 Å². The van der Waals surface area contributed by atoms with E-state index in [-0.39, 0.29) is 6.42 Å². The first-order valence-electron chi connectivity index (χ1n) is 5.72. The third-order valence-corrected chi connectivity index (χ3v) is 3.37. The van der Waals surface area contributed by atoms with Gasteiger partial charge in [0, 0.05) is 10.8 Å². The molecule has 0 heterocycles. The number of hydrogen-bond donors (Lipinski definition) is 1. The fourth-order valence-electron chi connectivity index (χ4n) is 1.87. The van der Waals surface area contributed by atoms with Crippen molar-refractivity contribution in [3.05, 3.63) is 35.9 Å². The van der Waals surface area contributed by atoms with Gasteiger partial charge in [-0.25, -0.2) is 9.18 Å². The van der Waals surface area contributed by atoms with Gasteiger partial charge in [-0.3, -0.25) is 0 Å². The average Bonchev–Trinajstić information content (AvgIpc) is 2.29. The van der Waals surface area contributed by atoms with Gasteiger partial charge in [-0.15, -0.1) is 0 Å². The van der Waals surface area contributed by atoms with E-state index in [0.717, 1.165) is 9.99 Å². The Morgan fingerprint density at radius 1 is 1.50 bits per heavy atom. The lowest BCUT2D eigenvalue weighted by atomic mass is 9.89. The maximum absolute atomic E-state index is 13.8. The van der Waals surface area contributed by atoms with Gasteiger partial charge in [0.2, 0.25) is 0 Å². The molecular formula is C13H17FINO2. The summed E-state index contributed by atoms with van der Waals surface area (Å²) in [5, 5.41) is 0. The Morgan fingerprint density at radius 2 is 2.11 bits per heavy atom. The van der Waals surface area contributed by atoms with Crippen molar-refractivity contribution < 1.29 is 13.9 Å². The zero-order valence-electron chi connectivity index (χ0n) is 10.2. The quantitative estimate of drug-likeness (QED) is 0.619. The van der Waals surface area contributed by atoms with Crippen LogP contribution in [0.4, 0.5) is 9.18 Å². The number of hydrogen-bond acceptors (Lipinski definition) is 2. The summed E-state index contributed by atoms with van der Waals surface area (Å²) in [6, 6.07) is 9.11. The zero-order valence-corrected chi connectivity index (χ0v) is 12.4. The molecule has 2 unspecified atom stereocenters. The number of alkyl halides is 2. The molecule has 3 nitrogen and oxygen atoms in total. The lowest BCUT2D eigenvalue weighted by Crippen LogP contribution is -2.34. The van der Waals surface area contributed by atoms with Crippen LogP contribution in [-0.4, -0.2) is 16.7 Å². The molecule has 1 amide bonds. The molecule has 0 aliphatic rings. The van der Waals surface area contributed by atoms with E-state index in [0.29, 0.717) is 6.42 Å². The molecule has 0 aliphatic carbocycles. The molecule has 100 valence electrons. The van der Waals surface area contributed by atoms with Crippen LogP contribution in [0, 0.1) is 0 Å². The van der Waals surface area contributed by atoms with Crippen LogP contribution in [0.3, 0.4) is 0 Å². The van der Waals surface area contributed by atoms with Crippen LogP contribution in [0.1, 0.15) is 25.3 Å². The van der Waals surface area contributed by atoms with Crippen LogP contribution in [0.25, 0.3) is 0 Å². The van der Waals surface area contributed by atoms with Crippen molar-refractivity contribution in [3.8, 4) is 0 Å². The van der Waals surface area contributed by atoms with Gasteiger partial charge in [-0.05, 0) is 18.9 Å². The second-order valence-electron chi connectivity index (χ2n) is 4.30. The third kappa shape index (κ3) is 4.44. The predicted molar refractivity (Wildman–Crippen MR) is 77.5 cm³/mol. The number of primary amides is 1. The first-order valence-corrected chi connectivity index (χ1v) is 7.24. The number of rotatable bonds is 6. The lowest BCUT2D eigenvalue weighted by molar-refractivity contribution is 0.00278. The van der Waals surface area contributed by atoms with Gasteiger partial charge in [0.05, 0.1) is 0 Å². The van der Waals surface area contributed by atoms with Crippen molar-refractivity contribution >= 4 is 28.7 Å². The molecule has 1 aromatic carbocycles. The Bertz CT molecular complexity index is 388. The van der Waals surface area contributed by atoms with Crippen molar-refractivity contribution in [3.63, 3.8) is 0 Å². The molecule has 1 rings (SSSR count). The molecule has 18 heavy (non-hydrogen) atoms. The summed E-state index contributed by atoms with van der Waals surface area (Å²) in [6.45, 7) is 1.69. The van der Waals surface area contributed by atoms with Gasteiger partial charge in [0.1, 0.15) is 11.8 Å². The number of ether oxygens (including phenoxy) is 1. The Labute approximate surface area is 120 Å². The van der Waals surface area contributed by atoms with E-state index in [1.165, 1.54) is 0 Å². The normalized spacial score (nSPS) is 15.7. The highest BCUT2D eigenvalue weighted by Crippen LogP contribution is 2.32. The molecule has 0 saturated carbocycles. The number of nitrogens with two attached hydrogens (primary N) is 1. The Hall–Kier alpha value is -0.850. The Morgan fingerprint density at radius 3 is 2.61 bits per heavy atom. The smallest absolute Gasteiger partial charge is 0.405 e. The van der Waals surface area contributed by atoms with E-state index in [9.17, 15) is 9.18 Å². The van der Waals surface area contributed by atoms with Gasteiger partial charge in [0.15, 0.2) is 0 Å². The molecule has 0 fully saturated rings. The molecule has 1 aromatic rings. The zero-order chi connectivity index (χ0) is 13.6. The van der Waals surface area contributed by atoms with E-state index >= 15 is 0 Å². The van der Waals surface area contributed by atoms with Crippen molar-refractivity contribution in [1.29, 1.82) is 0 Å². The lowest BCUT2D eigenvalue weighted by Gasteiger charge is -2.30. The minimum atomic E-state index is -1.02. The average molecular weight is 365 g/mol. The van der Waals surface area contributed by atoms with Crippen LogP contribution in [-0.2, 0) is 10.3 Å². The van der Waals surface area contributed by atoms with Crippen LogP contribution in [0.5, 0.6) is 0 Å². The van der Waals surface area contributed by atoms with Crippen molar-refractivity contribution in [2.24, 2.45) is 5.73 Å². The van der Waals surface area contributed by atoms with Crippen molar-refractivity contribution in [2.75, 3.05) is 4.43 Å². The number of amides is 1. The van der Waals surface area contributed by atoms with Gasteiger partial charge in [-0.2, -0.15) is 0 Å². The highest BCUT2D eigenvalue weighted by molar-refractivity contribution is 14.1. The highest BCUT2D eigenvalue weighted by Gasteiger charge is 2.33. The minimum absolute atomic E-state index is 0.114. The van der Waals surface area contributed by atoms with Gasteiger partial charge < -0.3 is 10.5 Å². The number of carbonyl (C=O) groups excluding carboxylic acids is 1. The first-order chi connectivity index (χ1) is 8.48. The topological polar surface area (TPSA) is 52.3 Å². The molecule has 0 saturated heterocycles. The van der Waals surface area contributed by atoms with Gasteiger partial charge >= 0.3 is 6.09 Å². The summed E-state index contributed by atoms with van der Waals surface area (Å²) >= 11 is 2.12. The predicted octanol–water partition coefficient (Wildman–Crippen LogP) is 3.55. The van der Waals surface area contributed by atoms with Crippen LogP contribution in [0.15, 0.2) is 30.3 Å². The summed E-state index contributed by atoms with van der Waals surface area (Å²) in [5.74, 6) is 0. The maximum atomic E-state index is 13.8. The summed E-state index contributed by atoms with van der Waals surface area (Å²) < 4.78 is 19.7. The molecule has 0 spiro atoms. The summed E-state index contributed by atoms with van der Waals surface area (Å²) in [5.41, 5.74) is 4.81. The Kier molecular flexibility index (Phi) is 5.84. The fourth-order valence-corrected chi connectivity index (χ4v) is 2.55. The molecule has 2 atom stereocenters. The summed E-state index contributed by atoms with van der Waals surface area (Å²) in [7, 11) is 0. The maximum Gasteiger partial charge on any atom is 0.405 e. The fraction of sp³-hybridized carbons (Fsp3) is 0.462. The SMILES string of the molecule is CC(CC(F)CCI)(OC(N)=O)c1ccccc1. The second kappa shape index (κ2) is 6.92. The van der Waals surface area contributed by atoms with Crippen LogP contribution < -0.4 is 5.73 Å². The monoisotopic (exact) mass is 365 g/mol. The Balaban J connectivity index is 2.92. The van der Waals surface area contributed by atoms with E-state index in [4.69, 9.17) is 10.5 Å².